The highest BCUT2D eigenvalue weighted by atomic mass is 16.3. The molecule has 23 heavy (non-hydrogen) atoms. The van der Waals surface area contributed by atoms with Gasteiger partial charge in [-0.15, -0.1) is 0 Å². The number of fused-ring (bicyclic) bond motifs is 1. The molecular weight excluding hydrogens is 294 g/mol. The van der Waals surface area contributed by atoms with E-state index in [9.17, 15) is 9.90 Å². The average Bonchev–Trinajstić information content (AvgIpc) is 3.12. The monoisotopic (exact) mass is 317 g/mol. The Bertz CT molecular complexity index is 695. The highest BCUT2D eigenvalue weighted by Gasteiger charge is 2.27. The van der Waals surface area contributed by atoms with Gasteiger partial charge in [-0.2, -0.15) is 0 Å². The van der Waals surface area contributed by atoms with E-state index in [-0.39, 0.29) is 30.5 Å². The van der Waals surface area contributed by atoms with Crippen LogP contribution in [0.3, 0.4) is 0 Å². The lowest BCUT2D eigenvalue weighted by molar-refractivity contribution is 0.203. The van der Waals surface area contributed by atoms with Crippen LogP contribution in [0.2, 0.25) is 0 Å². The minimum Gasteiger partial charge on any atom is -0.440 e. The molecule has 0 bridgehead atoms. The van der Waals surface area contributed by atoms with Gasteiger partial charge in [-0.1, -0.05) is 20.3 Å². The molecule has 1 aromatic carbocycles. The number of hydrogen-bond donors (Lipinski definition) is 3. The molecule has 1 aromatic heterocycles. The molecule has 2 aromatic rings. The summed E-state index contributed by atoms with van der Waals surface area (Å²) in [6.07, 6.45) is 2.92. The normalized spacial score (nSPS) is 21.0. The molecule has 1 aliphatic carbocycles. The second-order valence-corrected chi connectivity index (χ2v) is 6.47. The fraction of sp³-hybridized carbons (Fsp3) is 0.529. The third-order valence-corrected chi connectivity index (χ3v) is 4.37. The third-order valence-electron chi connectivity index (χ3n) is 4.37. The zero-order valence-corrected chi connectivity index (χ0v) is 13.5. The molecule has 0 aliphatic heterocycles. The van der Waals surface area contributed by atoms with Crippen molar-refractivity contribution in [2.45, 2.75) is 45.1 Å². The Morgan fingerprint density at radius 3 is 3.00 bits per heavy atom. The van der Waals surface area contributed by atoms with Gasteiger partial charge in [0, 0.05) is 30.2 Å². The van der Waals surface area contributed by atoms with Crippen molar-refractivity contribution in [2.75, 3.05) is 11.9 Å². The number of hydrogen-bond acceptors (Lipinski definition) is 4. The standard InChI is InChI=1S/C17H23N3O3/c1-10(2)16-19-14-8-12(6-7-15(14)23-16)18-17(22)20-13-5-3-4-11(13)9-21/h6-8,10-11,13,21H,3-5,9H2,1-2H3,(H2,18,20,22)/t11-,13-/m0/s1. The summed E-state index contributed by atoms with van der Waals surface area (Å²) in [5, 5.41) is 15.1. The van der Waals surface area contributed by atoms with Gasteiger partial charge in [0.1, 0.15) is 5.52 Å². The van der Waals surface area contributed by atoms with Crippen LogP contribution in [-0.4, -0.2) is 28.8 Å². The lowest BCUT2D eigenvalue weighted by atomic mass is 10.1. The molecule has 6 nitrogen and oxygen atoms in total. The van der Waals surface area contributed by atoms with Crippen LogP contribution in [-0.2, 0) is 0 Å². The number of amides is 2. The van der Waals surface area contributed by atoms with E-state index < -0.39 is 0 Å². The Morgan fingerprint density at radius 2 is 2.26 bits per heavy atom. The van der Waals surface area contributed by atoms with E-state index in [1.54, 1.807) is 6.07 Å². The van der Waals surface area contributed by atoms with Gasteiger partial charge in [0.2, 0.25) is 0 Å². The van der Waals surface area contributed by atoms with Crippen molar-refractivity contribution in [3.8, 4) is 0 Å². The predicted octanol–water partition coefficient (Wildman–Crippen LogP) is 3.23. The first kappa shape index (κ1) is 15.8. The quantitative estimate of drug-likeness (QED) is 0.808. The largest absolute Gasteiger partial charge is 0.440 e. The highest BCUT2D eigenvalue weighted by Crippen LogP contribution is 2.26. The summed E-state index contributed by atoms with van der Waals surface area (Å²) in [5.41, 5.74) is 2.13. The molecule has 0 unspecified atom stereocenters. The minimum atomic E-state index is -0.248. The number of carbonyl (C=O) groups is 1. The predicted molar refractivity (Wildman–Crippen MR) is 88.5 cm³/mol. The van der Waals surface area contributed by atoms with Gasteiger partial charge in [0.05, 0.1) is 0 Å². The molecular formula is C17H23N3O3. The fourth-order valence-electron chi connectivity index (χ4n) is 3.05. The number of nitrogens with one attached hydrogen (secondary N) is 2. The first-order chi connectivity index (χ1) is 11.1. The van der Waals surface area contributed by atoms with Crippen LogP contribution in [0, 0.1) is 5.92 Å². The number of anilines is 1. The van der Waals surface area contributed by atoms with E-state index in [1.165, 1.54) is 0 Å². The first-order valence-electron chi connectivity index (χ1n) is 8.15. The zero-order valence-electron chi connectivity index (χ0n) is 13.5. The molecule has 1 saturated carbocycles. The summed E-state index contributed by atoms with van der Waals surface area (Å²) in [4.78, 5) is 16.6. The molecule has 1 heterocycles. The second kappa shape index (κ2) is 6.58. The van der Waals surface area contributed by atoms with Crippen molar-refractivity contribution in [3.05, 3.63) is 24.1 Å². The molecule has 0 spiro atoms. The molecule has 3 N–H and O–H groups in total. The van der Waals surface area contributed by atoms with Crippen LogP contribution in [0.15, 0.2) is 22.6 Å². The molecule has 0 radical (unpaired) electrons. The minimum absolute atomic E-state index is 0.0447. The van der Waals surface area contributed by atoms with Crippen LogP contribution >= 0.6 is 0 Å². The Balaban J connectivity index is 1.67. The summed E-state index contributed by atoms with van der Waals surface area (Å²) >= 11 is 0. The van der Waals surface area contributed by atoms with Gasteiger partial charge in [-0.05, 0) is 31.0 Å². The molecule has 1 fully saturated rings. The van der Waals surface area contributed by atoms with Gasteiger partial charge in [0.15, 0.2) is 11.5 Å². The van der Waals surface area contributed by atoms with Gasteiger partial charge < -0.3 is 20.2 Å². The maximum absolute atomic E-state index is 12.1. The number of aliphatic hydroxyl groups is 1. The van der Waals surface area contributed by atoms with Crippen molar-refractivity contribution in [2.24, 2.45) is 5.92 Å². The lowest BCUT2D eigenvalue weighted by Gasteiger charge is -2.19. The Kier molecular flexibility index (Phi) is 4.52. The smallest absolute Gasteiger partial charge is 0.319 e. The van der Waals surface area contributed by atoms with Crippen LogP contribution in [0.1, 0.15) is 44.9 Å². The van der Waals surface area contributed by atoms with E-state index >= 15 is 0 Å². The maximum Gasteiger partial charge on any atom is 0.319 e. The van der Waals surface area contributed by atoms with Crippen LogP contribution < -0.4 is 10.6 Å². The van der Waals surface area contributed by atoms with Gasteiger partial charge >= 0.3 is 6.03 Å². The number of carbonyl (C=O) groups excluding carboxylic acids is 1. The number of urea groups is 1. The van der Waals surface area contributed by atoms with Gasteiger partial charge in [-0.3, -0.25) is 0 Å². The van der Waals surface area contributed by atoms with Crippen molar-refractivity contribution in [1.29, 1.82) is 0 Å². The molecule has 1 aliphatic rings. The number of aliphatic hydroxyl groups excluding tert-OH is 1. The summed E-state index contributed by atoms with van der Waals surface area (Å²) < 4.78 is 5.66. The number of oxazole rings is 1. The number of nitrogens with zero attached hydrogens (tertiary/aromatic N) is 1. The summed E-state index contributed by atoms with van der Waals surface area (Å²) in [6, 6.07) is 5.22. The van der Waals surface area contributed by atoms with E-state index in [1.807, 2.05) is 26.0 Å². The summed E-state index contributed by atoms with van der Waals surface area (Å²) in [5.74, 6) is 1.07. The fourth-order valence-corrected chi connectivity index (χ4v) is 3.05. The van der Waals surface area contributed by atoms with E-state index in [4.69, 9.17) is 4.42 Å². The number of benzene rings is 1. The SMILES string of the molecule is CC(C)c1nc2cc(NC(=O)N[C@H]3CCC[C@H]3CO)ccc2o1. The van der Waals surface area contributed by atoms with Crippen molar-refractivity contribution < 1.29 is 14.3 Å². The molecule has 124 valence electrons. The Hall–Kier alpha value is -2.08. The maximum atomic E-state index is 12.1. The number of rotatable bonds is 4. The van der Waals surface area contributed by atoms with Crippen molar-refractivity contribution in [1.82, 2.24) is 10.3 Å². The van der Waals surface area contributed by atoms with Crippen LogP contribution in [0.4, 0.5) is 10.5 Å². The molecule has 0 saturated heterocycles. The molecule has 6 heteroatoms. The van der Waals surface area contributed by atoms with Gasteiger partial charge in [0.25, 0.3) is 0 Å². The van der Waals surface area contributed by atoms with E-state index in [0.29, 0.717) is 11.6 Å². The van der Waals surface area contributed by atoms with Gasteiger partial charge in [-0.25, -0.2) is 9.78 Å². The van der Waals surface area contributed by atoms with E-state index in [2.05, 4.69) is 15.6 Å². The van der Waals surface area contributed by atoms with Crippen molar-refractivity contribution in [3.63, 3.8) is 0 Å². The summed E-state index contributed by atoms with van der Waals surface area (Å²) in [6.45, 7) is 4.17. The Labute approximate surface area is 135 Å². The van der Waals surface area contributed by atoms with Crippen LogP contribution in [0.25, 0.3) is 11.1 Å². The number of aromatic nitrogens is 1. The van der Waals surface area contributed by atoms with E-state index in [0.717, 1.165) is 30.4 Å². The Morgan fingerprint density at radius 1 is 1.43 bits per heavy atom. The first-order valence-corrected chi connectivity index (χ1v) is 8.15. The topological polar surface area (TPSA) is 87.4 Å². The molecule has 3 rings (SSSR count). The molecule has 2 atom stereocenters. The zero-order chi connectivity index (χ0) is 16.4. The van der Waals surface area contributed by atoms with Crippen molar-refractivity contribution >= 4 is 22.8 Å². The lowest BCUT2D eigenvalue weighted by Crippen LogP contribution is -2.41. The average molecular weight is 317 g/mol. The summed E-state index contributed by atoms with van der Waals surface area (Å²) in [7, 11) is 0. The van der Waals surface area contributed by atoms with Crippen LogP contribution in [0.5, 0.6) is 0 Å². The third kappa shape index (κ3) is 3.47. The second-order valence-electron chi connectivity index (χ2n) is 6.47. The highest BCUT2D eigenvalue weighted by molar-refractivity contribution is 5.91. The molecule has 2 amide bonds.